The highest BCUT2D eigenvalue weighted by Crippen LogP contribution is 2.33. The Morgan fingerprint density at radius 3 is 2.04 bits per heavy atom. The van der Waals surface area contributed by atoms with Crippen LogP contribution in [0.5, 0.6) is 0 Å². The van der Waals surface area contributed by atoms with E-state index in [1.165, 1.54) is 23.1 Å². The minimum Gasteiger partial charge on any atom is -0.352 e. The molecule has 5 rings (SSSR count). The molecule has 1 saturated carbocycles. The molecule has 2 amide bonds. The lowest BCUT2D eigenvalue weighted by molar-refractivity contribution is -0.140. The van der Waals surface area contributed by atoms with Crippen LogP contribution in [0, 0.1) is 13.8 Å². The van der Waals surface area contributed by atoms with Crippen LogP contribution in [-0.2, 0) is 38.8 Å². The topological polar surface area (TPSA) is 86.8 Å². The van der Waals surface area contributed by atoms with Crippen molar-refractivity contribution in [3.8, 4) is 0 Å². The molecule has 1 aliphatic carbocycles. The number of nitrogens with zero attached hydrogens (tertiary/aromatic N) is 2. The number of halogens is 3. The summed E-state index contributed by atoms with van der Waals surface area (Å²) in [6, 6.07) is 25.3. The zero-order valence-corrected chi connectivity index (χ0v) is 28.3. The van der Waals surface area contributed by atoms with Gasteiger partial charge in [-0.1, -0.05) is 96.8 Å². The smallest absolute Gasteiger partial charge is 0.352 e. The summed E-state index contributed by atoms with van der Waals surface area (Å²) in [4.78, 5) is 29.9. The van der Waals surface area contributed by atoms with Gasteiger partial charge in [0.1, 0.15) is 12.6 Å². The molecule has 0 bridgehead atoms. The van der Waals surface area contributed by atoms with Gasteiger partial charge in [0.15, 0.2) is 0 Å². The minimum absolute atomic E-state index is 0.0320. The van der Waals surface area contributed by atoms with Gasteiger partial charge in [-0.2, -0.15) is 13.2 Å². The van der Waals surface area contributed by atoms with Crippen LogP contribution in [-0.4, -0.2) is 43.8 Å². The number of hydrogen-bond acceptors (Lipinski definition) is 4. The largest absolute Gasteiger partial charge is 0.416 e. The van der Waals surface area contributed by atoms with Crippen molar-refractivity contribution >= 4 is 27.5 Å². The molecule has 1 fully saturated rings. The summed E-state index contributed by atoms with van der Waals surface area (Å²) in [7, 11) is -4.55. The van der Waals surface area contributed by atoms with Gasteiger partial charge in [0.05, 0.1) is 16.1 Å². The Morgan fingerprint density at radius 1 is 0.816 bits per heavy atom. The molecule has 258 valence electrons. The lowest BCUT2D eigenvalue weighted by Gasteiger charge is -2.34. The number of sulfonamides is 1. The Labute approximate surface area is 285 Å². The zero-order chi connectivity index (χ0) is 35.2. The summed E-state index contributed by atoms with van der Waals surface area (Å²) < 4.78 is 70.6. The van der Waals surface area contributed by atoms with Gasteiger partial charge in [-0.25, -0.2) is 8.42 Å². The molecule has 0 saturated heterocycles. The molecule has 1 atom stereocenters. The number of alkyl halides is 3. The Kier molecular flexibility index (Phi) is 11.1. The first-order valence-corrected chi connectivity index (χ1v) is 17.7. The van der Waals surface area contributed by atoms with E-state index in [1.54, 1.807) is 19.1 Å². The number of amides is 2. The van der Waals surface area contributed by atoms with Crippen molar-refractivity contribution in [3.63, 3.8) is 0 Å². The SMILES string of the molecule is Cc1ccc(CN(C(=O)CN(c2cccc(C(F)(F)F)c2)S(=O)(=O)c2ccc(C)cc2)C(Cc2ccccc2)C(=O)NC2CCCC2)cc1. The summed E-state index contributed by atoms with van der Waals surface area (Å²) in [5.74, 6) is -1.11. The zero-order valence-electron chi connectivity index (χ0n) is 27.5. The fourth-order valence-corrected chi connectivity index (χ4v) is 7.42. The molecule has 0 aliphatic heterocycles. The van der Waals surface area contributed by atoms with Crippen LogP contribution in [0.1, 0.15) is 53.5 Å². The van der Waals surface area contributed by atoms with E-state index < -0.39 is 40.3 Å². The van der Waals surface area contributed by atoms with E-state index in [0.717, 1.165) is 60.6 Å². The van der Waals surface area contributed by atoms with E-state index in [-0.39, 0.29) is 35.5 Å². The first-order valence-electron chi connectivity index (χ1n) is 16.3. The molecule has 1 N–H and O–H groups in total. The second-order valence-corrected chi connectivity index (χ2v) is 14.4. The molecule has 4 aromatic rings. The average Bonchev–Trinajstić information content (AvgIpc) is 3.59. The maximum Gasteiger partial charge on any atom is 0.416 e. The fraction of sp³-hybridized carbons (Fsp3) is 0.316. The van der Waals surface area contributed by atoms with Crippen molar-refractivity contribution in [1.82, 2.24) is 10.2 Å². The molecule has 1 aliphatic rings. The predicted octanol–water partition coefficient (Wildman–Crippen LogP) is 7.22. The molecule has 49 heavy (non-hydrogen) atoms. The molecule has 11 heteroatoms. The van der Waals surface area contributed by atoms with E-state index >= 15 is 0 Å². The molecule has 0 radical (unpaired) electrons. The number of rotatable bonds is 12. The van der Waals surface area contributed by atoms with Crippen LogP contribution in [0.15, 0.2) is 108 Å². The van der Waals surface area contributed by atoms with Crippen LogP contribution < -0.4 is 9.62 Å². The Balaban J connectivity index is 1.59. The van der Waals surface area contributed by atoms with Crippen molar-refractivity contribution in [1.29, 1.82) is 0 Å². The number of hydrogen-bond donors (Lipinski definition) is 1. The van der Waals surface area contributed by atoms with Crippen LogP contribution in [0.4, 0.5) is 18.9 Å². The number of carbonyl (C=O) groups is 2. The molecular weight excluding hydrogens is 651 g/mol. The molecule has 0 aromatic heterocycles. The van der Waals surface area contributed by atoms with Gasteiger partial charge >= 0.3 is 6.18 Å². The number of nitrogens with one attached hydrogen (secondary N) is 1. The lowest BCUT2D eigenvalue weighted by atomic mass is 10.0. The third-order valence-corrected chi connectivity index (χ3v) is 10.6. The average molecular weight is 692 g/mol. The molecule has 1 unspecified atom stereocenters. The van der Waals surface area contributed by atoms with E-state index in [2.05, 4.69) is 5.32 Å². The number of anilines is 1. The van der Waals surface area contributed by atoms with Gasteiger partial charge in [0, 0.05) is 19.0 Å². The Morgan fingerprint density at radius 2 is 1.43 bits per heavy atom. The molecule has 0 heterocycles. The Bertz CT molecular complexity index is 1840. The van der Waals surface area contributed by atoms with Crippen molar-refractivity contribution in [3.05, 3.63) is 131 Å². The van der Waals surface area contributed by atoms with E-state index in [1.807, 2.05) is 61.5 Å². The van der Waals surface area contributed by atoms with E-state index in [0.29, 0.717) is 9.87 Å². The Hall–Kier alpha value is -4.64. The predicted molar refractivity (Wildman–Crippen MR) is 183 cm³/mol. The fourth-order valence-electron chi connectivity index (χ4n) is 6.02. The second-order valence-electron chi connectivity index (χ2n) is 12.6. The van der Waals surface area contributed by atoms with Gasteiger partial charge in [0.2, 0.25) is 11.8 Å². The van der Waals surface area contributed by atoms with Crippen LogP contribution >= 0.6 is 0 Å². The minimum atomic E-state index is -4.75. The second kappa shape index (κ2) is 15.3. The van der Waals surface area contributed by atoms with E-state index in [9.17, 15) is 31.2 Å². The van der Waals surface area contributed by atoms with Gasteiger partial charge in [-0.15, -0.1) is 0 Å². The highest BCUT2D eigenvalue weighted by molar-refractivity contribution is 7.92. The maximum absolute atomic E-state index is 14.6. The van der Waals surface area contributed by atoms with Gasteiger partial charge < -0.3 is 10.2 Å². The first kappa shape index (κ1) is 35.7. The monoisotopic (exact) mass is 691 g/mol. The lowest BCUT2D eigenvalue weighted by Crippen LogP contribution is -2.54. The van der Waals surface area contributed by atoms with Crippen molar-refractivity contribution in [2.45, 2.75) is 75.7 Å². The number of aryl methyl sites for hydroxylation is 2. The summed E-state index contributed by atoms with van der Waals surface area (Å²) in [6.45, 7) is 2.82. The van der Waals surface area contributed by atoms with Crippen molar-refractivity contribution in [2.75, 3.05) is 10.8 Å². The number of carbonyl (C=O) groups excluding carboxylic acids is 2. The maximum atomic E-state index is 14.6. The quantitative estimate of drug-likeness (QED) is 0.170. The highest BCUT2D eigenvalue weighted by atomic mass is 32.2. The normalized spacial score (nSPS) is 14.3. The van der Waals surface area contributed by atoms with Gasteiger partial charge in [0.25, 0.3) is 10.0 Å². The molecule has 0 spiro atoms. The summed E-state index contributed by atoms with van der Waals surface area (Å²) in [5.41, 5.74) is 1.88. The van der Waals surface area contributed by atoms with Gasteiger partial charge in [-0.3, -0.25) is 13.9 Å². The summed E-state index contributed by atoms with van der Waals surface area (Å²) in [6.07, 6.45) is -1.03. The van der Waals surface area contributed by atoms with Gasteiger partial charge in [-0.05, 0) is 68.1 Å². The molecule has 4 aromatic carbocycles. The molecular formula is C38H40F3N3O4S. The van der Waals surface area contributed by atoms with Crippen LogP contribution in [0.3, 0.4) is 0 Å². The third kappa shape index (κ3) is 9.08. The van der Waals surface area contributed by atoms with Crippen LogP contribution in [0.2, 0.25) is 0 Å². The summed E-state index contributed by atoms with van der Waals surface area (Å²) in [5, 5.41) is 3.11. The highest BCUT2D eigenvalue weighted by Gasteiger charge is 2.37. The summed E-state index contributed by atoms with van der Waals surface area (Å²) >= 11 is 0. The first-order chi connectivity index (χ1) is 23.3. The van der Waals surface area contributed by atoms with Crippen LogP contribution in [0.25, 0.3) is 0 Å². The van der Waals surface area contributed by atoms with E-state index in [4.69, 9.17) is 0 Å². The number of benzene rings is 4. The van der Waals surface area contributed by atoms with Crippen molar-refractivity contribution in [2.24, 2.45) is 0 Å². The molecule has 7 nitrogen and oxygen atoms in total. The third-order valence-electron chi connectivity index (χ3n) is 8.80. The van der Waals surface area contributed by atoms with Crippen molar-refractivity contribution < 1.29 is 31.2 Å². The standard InChI is InChI=1S/C38H40F3N3O4S/c1-27-15-19-30(20-16-27)25-43(35(23-29-9-4-3-5-10-29)37(46)42-32-12-6-7-13-32)36(45)26-44(33-14-8-11-31(24-33)38(39,40)41)49(47,48)34-21-17-28(2)18-22-34/h3-5,8-11,14-22,24,32,35H,6-7,12-13,23,25-26H2,1-2H3,(H,42,46).